The van der Waals surface area contributed by atoms with Gasteiger partial charge in [-0.3, -0.25) is 4.79 Å². The first-order valence-corrected chi connectivity index (χ1v) is 3.39. The molecular weight excluding hydrogens is 176 g/mol. The molecule has 0 N–H and O–H groups in total. The van der Waals surface area contributed by atoms with Crippen LogP contribution in [0.1, 0.15) is 9.78 Å². The molecule has 0 fully saturated rings. The van der Waals surface area contributed by atoms with Crippen LogP contribution in [-0.2, 0) is 4.79 Å². The fourth-order valence-corrected chi connectivity index (χ4v) is 1.08. The van der Waals surface area contributed by atoms with Gasteiger partial charge in [0.25, 0.3) is 0 Å². The van der Waals surface area contributed by atoms with Crippen molar-refractivity contribution in [2.24, 2.45) is 0 Å². The molecule has 10 heavy (non-hydrogen) atoms. The molecule has 0 spiro atoms. The summed E-state index contributed by atoms with van der Waals surface area (Å²) in [5.74, 6) is -0.266. The maximum Gasteiger partial charge on any atom is 2.00 e. The van der Waals surface area contributed by atoms with Gasteiger partial charge in [0.05, 0.1) is 0 Å². The van der Waals surface area contributed by atoms with Gasteiger partial charge in [-0.2, -0.15) is 0 Å². The molecule has 0 amide bonds. The molecule has 0 radical (unpaired) electrons. The number of hydrogen-bond donors (Lipinski definition) is 0. The third-order valence-electron chi connectivity index (χ3n) is 0.739. The van der Waals surface area contributed by atoms with Crippen LogP contribution in [0.4, 0.5) is 0 Å². The molecule has 0 atom stereocenters. The molecule has 0 aliphatic heterocycles. The molecular formula is C6H8CaO2S. The van der Waals surface area contributed by atoms with E-state index in [2.05, 4.69) is 0 Å². The van der Waals surface area contributed by atoms with Gasteiger partial charge in [0.1, 0.15) is 0 Å². The average Bonchev–Trinajstić information content (AvgIpc) is 2.15. The minimum Gasteiger partial charge on any atom is -1.00 e. The summed E-state index contributed by atoms with van der Waals surface area (Å²) < 4.78 is 4.73. The number of carbonyl (C=O) groups is 1. The van der Waals surface area contributed by atoms with Crippen LogP contribution in [0.5, 0.6) is 5.06 Å². The Balaban J connectivity index is -0.000000270. The van der Waals surface area contributed by atoms with E-state index in [1.165, 1.54) is 18.3 Å². The van der Waals surface area contributed by atoms with Gasteiger partial charge in [-0.1, -0.05) is 0 Å². The zero-order valence-corrected chi connectivity index (χ0v) is 8.69. The number of thiophene rings is 1. The molecule has 1 aromatic rings. The van der Waals surface area contributed by atoms with Gasteiger partial charge in [-0.05, 0) is 17.5 Å². The predicted octanol–water partition coefficient (Wildman–Crippen LogP) is 1.52. The fraction of sp³-hybridized carbons (Fsp3) is 0.167. The van der Waals surface area contributed by atoms with Crippen LogP contribution in [0.25, 0.3) is 0 Å². The summed E-state index contributed by atoms with van der Waals surface area (Å²) in [5, 5.41) is 2.51. The van der Waals surface area contributed by atoms with Crippen LogP contribution in [0.3, 0.4) is 0 Å². The molecule has 1 rings (SSSR count). The van der Waals surface area contributed by atoms with E-state index < -0.39 is 0 Å². The summed E-state index contributed by atoms with van der Waals surface area (Å²) >= 11 is 1.41. The monoisotopic (exact) mass is 184 g/mol. The van der Waals surface area contributed by atoms with Gasteiger partial charge in [-0.15, -0.1) is 11.3 Å². The van der Waals surface area contributed by atoms with E-state index in [1.807, 2.05) is 11.4 Å². The molecule has 1 heterocycles. The molecule has 4 heteroatoms. The van der Waals surface area contributed by atoms with Crippen molar-refractivity contribution in [1.29, 1.82) is 0 Å². The van der Waals surface area contributed by atoms with Crippen LogP contribution < -0.4 is 4.74 Å². The molecule has 1 aromatic heterocycles. The van der Waals surface area contributed by atoms with E-state index >= 15 is 0 Å². The van der Waals surface area contributed by atoms with Crippen LogP contribution in [-0.4, -0.2) is 43.7 Å². The predicted molar refractivity (Wildman–Crippen MR) is 43.6 cm³/mol. The molecule has 0 saturated carbocycles. The number of carbonyl (C=O) groups excluding carboxylic acids is 1. The first-order valence-electron chi connectivity index (χ1n) is 2.51. The molecule has 0 unspecified atom stereocenters. The van der Waals surface area contributed by atoms with Crippen LogP contribution in [0.15, 0.2) is 17.5 Å². The first-order chi connectivity index (χ1) is 4.29. The van der Waals surface area contributed by atoms with Crippen LogP contribution >= 0.6 is 11.3 Å². The van der Waals surface area contributed by atoms with E-state index in [1.54, 1.807) is 6.07 Å². The topological polar surface area (TPSA) is 26.3 Å². The summed E-state index contributed by atoms with van der Waals surface area (Å²) in [4.78, 5) is 10.3. The fourth-order valence-electron chi connectivity index (χ4n) is 0.463. The molecule has 2 nitrogen and oxygen atoms in total. The molecule has 52 valence electrons. The molecule has 0 aromatic carbocycles. The Morgan fingerprint density at radius 1 is 1.80 bits per heavy atom. The Labute approximate surface area is 96.2 Å². The summed E-state index contributed by atoms with van der Waals surface area (Å²) in [6.45, 7) is 1.39. The summed E-state index contributed by atoms with van der Waals surface area (Å²) in [5.41, 5.74) is 0. The Morgan fingerprint density at radius 2 is 2.50 bits per heavy atom. The summed E-state index contributed by atoms with van der Waals surface area (Å²) in [7, 11) is 0. The molecule has 0 aliphatic carbocycles. The summed E-state index contributed by atoms with van der Waals surface area (Å²) in [6, 6.07) is 3.59. The second-order valence-electron chi connectivity index (χ2n) is 1.53. The Hall–Kier alpha value is 0.430. The van der Waals surface area contributed by atoms with Gasteiger partial charge in [-0.25, -0.2) is 0 Å². The van der Waals surface area contributed by atoms with E-state index in [9.17, 15) is 4.79 Å². The quantitative estimate of drug-likeness (QED) is 0.488. The van der Waals surface area contributed by atoms with Gasteiger partial charge < -0.3 is 7.59 Å². The number of esters is 1. The number of ether oxygens (including phenoxy) is 1. The van der Waals surface area contributed by atoms with Gasteiger partial charge in [0.15, 0.2) is 5.06 Å². The molecule has 0 aliphatic rings. The van der Waals surface area contributed by atoms with Gasteiger partial charge in [0.2, 0.25) is 0 Å². The third-order valence-corrected chi connectivity index (χ3v) is 1.48. The summed E-state index contributed by atoms with van der Waals surface area (Å²) in [6.07, 6.45) is 0. The Kier molecular flexibility index (Phi) is 5.35. The minimum atomic E-state index is -0.266. The van der Waals surface area contributed by atoms with Gasteiger partial charge in [0, 0.05) is 6.92 Å². The van der Waals surface area contributed by atoms with Gasteiger partial charge >= 0.3 is 43.7 Å². The zero-order chi connectivity index (χ0) is 6.69. The average molecular weight is 184 g/mol. The van der Waals surface area contributed by atoms with E-state index in [4.69, 9.17) is 4.74 Å². The normalized spacial score (nSPS) is 8.10. The van der Waals surface area contributed by atoms with E-state index in [-0.39, 0.29) is 46.6 Å². The number of hydrogen-bond acceptors (Lipinski definition) is 3. The van der Waals surface area contributed by atoms with Crippen LogP contribution in [0.2, 0.25) is 0 Å². The van der Waals surface area contributed by atoms with E-state index in [0.29, 0.717) is 5.06 Å². The van der Waals surface area contributed by atoms with Crippen molar-refractivity contribution in [3.8, 4) is 5.06 Å². The first kappa shape index (κ1) is 10.4. The van der Waals surface area contributed by atoms with E-state index in [0.717, 1.165) is 0 Å². The Bertz CT molecular complexity index is 203. The maximum absolute atomic E-state index is 10.3. The SMILES string of the molecule is CC(=O)Oc1cccs1.[Ca+2].[H-].[H-]. The minimum absolute atomic E-state index is 0. The third kappa shape index (κ3) is 3.56. The second-order valence-corrected chi connectivity index (χ2v) is 2.44. The maximum atomic E-state index is 10.3. The van der Waals surface area contributed by atoms with Crippen molar-refractivity contribution in [3.05, 3.63) is 17.5 Å². The number of rotatable bonds is 1. The zero-order valence-electron chi connectivity index (χ0n) is 7.66. The molecule has 0 bridgehead atoms. The standard InChI is InChI=1S/C6H6O2S.Ca.2H/c1-5(7)8-6-3-2-4-9-6;;;/h2-4H,1H3;;;/q;+2;2*-1. The second kappa shape index (κ2) is 5.13. The van der Waals surface area contributed by atoms with Crippen LogP contribution in [0, 0.1) is 0 Å². The van der Waals surface area contributed by atoms with Crippen molar-refractivity contribution < 1.29 is 12.4 Å². The smallest absolute Gasteiger partial charge is 1.00 e. The largest absolute Gasteiger partial charge is 2.00 e. The van der Waals surface area contributed by atoms with Crippen molar-refractivity contribution >= 4 is 55.0 Å². The Morgan fingerprint density at radius 3 is 2.90 bits per heavy atom. The van der Waals surface area contributed by atoms with Crippen molar-refractivity contribution in [1.82, 2.24) is 0 Å². The van der Waals surface area contributed by atoms with Crippen molar-refractivity contribution in [2.75, 3.05) is 0 Å². The molecule has 0 saturated heterocycles. The van der Waals surface area contributed by atoms with Crippen molar-refractivity contribution in [3.63, 3.8) is 0 Å². The van der Waals surface area contributed by atoms with Crippen molar-refractivity contribution in [2.45, 2.75) is 6.92 Å².